The quantitative estimate of drug-likeness (QED) is 0.885. The van der Waals surface area contributed by atoms with E-state index in [0.29, 0.717) is 15.6 Å². The molecule has 0 aromatic heterocycles. The number of halogens is 2. The number of rotatable bonds is 4. The van der Waals surface area contributed by atoms with Crippen LogP contribution in [0.1, 0.15) is 12.5 Å². The normalized spacial score (nSPS) is 11.9. The van der Waals surface area contributed by atoms with Crippen LogP contribution >= 0.6 is 23.2 Å². The van der Waals surface area contributed by atoms with Crippen molar-refractivity contribution in [3.8, 4) is 0 Å². The predicted octanol–water partition coefficient (Wildman–Crippen LogP) is 2.13. The Labute approximate surface area is 109 Å². The molecule has 1 aromatic rings. The Morgan fingerprint density at radius 2 is 2.06 bits per heavy atom. The van der Waals surface area contributed by atoms with Gasteiger partial charge in [-0.25, -0.2) is 4.79 Å². The SMILES string of the molecule is CC(=O)N[C@H](Cc1cc(Cl)ccc1Cl)C(=O)O. The number of nitrogens with one attached hydrogen (secondary N) is 1. The van der Waals surface area contributed by atoms with Crippen LogP contribution in [0.15, 0.2) is 18.2 Å². The van der Waals surface area contributed by atoms with Gasteiger partial charge >= 0.3 is 5.97 Å². The van der Waals surface area contributed by atoms with Crippen LogP contribution in [-0.2, 0) is 16.0 Å². The number of amides is 1. The summed E-state index contributed by atoms with van der Waals surface area (Å²) < 4.78 is 0. The molecule has 92 valence electrons. The van der Waals surface area contributed by atoms with E-state index >= 15 is 0 Å². The Morgan fingerprint density at radius 3 is 2.59 bits per heavy atom. The first-order valence-electron chi connectivity index (χ1n) is 4.84. The Morgan fingerprint density at radius 1 is 1.41 bits per heavy atom. The number of hydrogen-bond donors (Lipinski definition) is 2. The number of carbonyl (C=O) groups excluding carboxylic acids is 1. The van der Waals surface area contributed by atoms with Gasteiger partial charge in [-0.3, -0.25) is 4.79 Å². The molecule has 0 aliphatic carbocycles. The van der Waals surface area contributed by atoms with Gasteiger partial charge in [0.25, 0.3) is 0 Å². The van der Waals surface area contributed by atoms with Crippen molar-refractivity contribution in [1.29, 1.82) is 0 Å². The van der Waals surface area contributed by atoms with E-state index in [1.54, 1.807) is 18.2 Å². The second-order valence-corrected chi connectivity index (χ2v) is 4.37. The fourth-order valence-corrected chi connectivity index (χ4v) is 1.75. The van der Waals surface area contributed by atoms with Gasteiger partial charge < -0.3 is 10.4 Å². The minimum absolute atomic E-state index is 0.0916. The number of hydrogen-bond acceptors (Lipinski definition) is 2. The molecule has 1 rings (SSSR count). The van der Waals surface area contributed by atoms with Crippen molar-refractivity contribution in [1.82, 2.24) is 5.32 Å². The van der Waals surface area contributed by atoms with Gasteiger partial charge in [-0.15, -0.1) is 0 Å². The van der Waals surface area contributed by atoms with Gasteiger partial charge in [-0.1, -0.05) is 23.2 Å². The Bertz CT molecular complexity index is 448. The van der Waals surface area contributed by atoms with Crippen molar-refractivity contribution in [3.63, 3.8) is 0 Å². The van der Waals surface area contributed by atoms with E-state index in [-0.39, 0.29) is 6.42 Å². The van der Waals surface area contributed by atoms with Crippen molar-refractivity contribution >= 4 is 35.1 Å². The summed E-state index contributed by atoms with van der Waals surface area (Å²) in [5.41, 5.74) is 0.584. The molecule has 1 aromatic carbocycles. The van der Waals surface area contributed by atoms with Crippen LogP contribution < -0.4 is 5.32 Å². The molecule has 0 bridgehead atoms. The molecule has 0 spiro atoms. The second-order valence-electron chi connectivity index (χ2n) is 3.53. The summed E-state index contributed by atoms with van der Waals surface area (Å²) in [6.07, 6.45) is 0.0916. The molecule has 17 heavy (non-hydrogen) atoms. The lowest BCUT2D eigenvalue weighted by Crippen LogP contribution is -2.41. The molecule has 0 aliphatic heterocycles. The maximum absolute atomic E-state index is 10.9. The summed E-state index contributed by atoms with van der Waals surface area (Å²) in [7, 11) is 0. The molecule has 2 N–H and O–H groups in total. The van der Waals surface area contributed by atoms with Gasteiger partial charge in [-0.05, 0) is 23.8 Å². The number of carbonyl (C=O) groups is 2. The molecule has 4 nitrogen and oxygen atoms in total. The Balaban J connectivity index is 2.89. The highest BCUT2D eigenvalue weighted by atomic mass is 35.5. The summed E-state index contributed by atoms with van der Waals surface area (Å²) in [6.45, 7) is 1.26. The zero-order chi connectivity index (χ0) is 13.0. The monoisotopic (exact) mass is 275 g/mol. The third-order valence-electron chi connectivity index (χ3n) is 2.11. The highest BCUT2D eigenvalue weighted by Gasteiger charge is 2.20. The summed E-state index contributed by atoms with van der Waals surface area (Å²) in [4.78, 5) is 21.8. The standard InChI is InChI=1S/C11H11Cl2NO3/c1-6(15)14-10(11(16)17)5-7-4-8(12)2-3-9(7)13/h2-4,10H,5H2,1H3,(H,14,15)(H,16,17)/t10-/m1/s1. The van der Waals surface area contributed by atoms with E-state index in [9.17, 15) is 9.59 Å². The molecular formula is C11H11Cl2NO3. The van der Waals surface area contributed by atoms with Crippen LogP contribution in [0.4, 0.5) is 0 Å². The summed E-state index contributed by atoms with van der Waals surface area (Å²) >= 11 is 11.7. The molecule has 0 unspecified atom stereocenters. The lowest BCUT2D eigenvalue weighted by Gasteiger charge is -2.14. The van der Waals surface area contributed by atoms with Gasteiger partial charge in [0.1, 0.15) is 6.04 Å². The summed E-state index contributed by atoms with van der Waals surface area (Å²) in [6, 6.07) is 3.78. The van der Waals surface area contributed by atoms with E-state index in [1.807, 2.05) is 0 Å². The van der Waals surface area contributed by atoms with Crippen molar-refractivity contribution in [2.24, 2.45) is 0 Å². The van der Waals surface area contributed by atoms with E-state index in [4.69, 9.17) is 28.3 Å². The van der Waals surface area contributed by atoms with Gasteiger partial charge in [0, 0.05) is 23.4 Å². The summed E-state index contributed by atoms with van der Waals surface area (Å²) in [5, 5.41) is 12.2. The van der Waals surface area contributed by atoms with Crippen LogP contribution in [0.3, 0.4) is 0 Å². The molecule has 0 fully saturated rings. The average Bonchev–Trinajstić information content (AvgIpc) is 2.21. The fourth-order valence-electron chi connectivity index (χ4n) is 1.37. The molecule has 0 aliphatic rings. The van der Waals surface area contributed by atoms with Crippen molar-refractivity contribution in [2.75, 3.05) is 0 Å². The minimum atomic E-state index is -1.11. The zero-order valence-electron chi connectivity index (χ0n) is 9.04. The lowest BCUT2D eigenvalue weighted by atomic mass is 10.1. The average molecular weight is 276 g/mol. The van der Waals surface area contributed by atoms with Crippen molar-refractivity contribution < 1.29 is 14.7 Å². The fraction of sp³-hybridized carbons (Fsp3) is 0.273. The predicted molar refractivity (Wildman–Crippen MR) is 65.4 cm³/mol. The first-order chi connectivity index (χ1) is 7.90. The highest BCUT2D eigenvalue weighted by molar-refractivity contribution is 6.33. The number of benzene rings is 1. The largest absolute Gasteiger partial charge is 0.480 e. The van der Waals surface area contributed by atoms with E-state index in [1.165, 1.54) is 6.92 Å². The third-order valence-corrected chi connectivity index (χ3v) is 2.71. The van der Waals surface area contributed by atoms with Crippen LogP contribution in [0.5, 0.6) is 0 Å². The van der Waals surface area contributed by atoms with Gasteiger partial charge in [0.05, 0.1) is 0 Å². The Hall–Kier alpha value is -1.26. The van der Waals surface area contributed by atoms with E-state index in [0.717, 1.165) is 0 Å². The zero-order valence-corrected chi connectivity index (χ0v) is 10.5. The smallest absolute Gasteiger partial charge is 0.326 e. The van der Waals surface area contributed by atoms with Gasteiger partial charge in [-0.2, -0.15) is 0 Å². The first kappa shape index (κ1) is 13.8. The number of aliphatic carboxylic acids is 1. The molecule has 0 saturated heterocycles. The lowest BCUT2D eigenvalue weighted by molar-refractivity contribution is -0.141. The maximum Gasteiger partial charge on any atom is 0.326 e. The molecule has 0 saturated carbocycles. The van der Waals surface area contributed by atoms with Crippen LogP contribution in [0, 0.1) is 0 Å². The third kappa shape index (κ3) is 4.24. The Kier molecular flexibility index (Phi) is 4.78. The van der Waals surface area contributed by atoms with Crippen LogP contribution in [0.25, 0.3) is 0 Å². The minimum Gasteiger partial charge on any atom is -0.480 e. The molecule has 1 atom stereocenters. The van der Waals surface area contributed by atoms with Gasteiger partial charge in [0.15, 0.2) is 0 Å². The molecule has 6 heteroatoms. The molecule has 1 amide bonds. The molecule has 0 radical (unpaired) electrons. The number of carboxylic acid groups (broad SMARTS) is 1. The van der Waals surface area contributed by atoms with Gasteiger partial charge in [0.2, 0.25) is 5.91 Å². The van der Waals surface area contributed by atoms with Crippen LogP contribution in [0.2, 0.25) is 10.0 Å². The van der Waals surface area contributed by atoms with E-state index in [2.05, 4.69) is 5.32 Å². The first-order valence-corrected chi connectivity index (χ1v) is 5.59. The summed E-state index contributed by atoms with van der Waals surface area (Å²) in [5.74, 6) is -1.52. The van der Waals surface area contributed by atoms with Crippen molar-refractivity contribution in [3.05, 3.63) is 33.8 Å². The van der Waals surface area contributed by atoms with Crippen LogP contribution in [-0.4, -0.2) is 23.0 Å². The molecule has 0 heterocycles. The van der Waals surface area contributed by atoms with Crippen molar-refractivity contribution in [2.45, 2.75) is 19.4 Å². The second kappa shape index (κ2) is 5.89. The maximum atomic E-state index is 10.9. The number of carboxylic acids is 1. The topological polar surface area (TPSA) is 66.4 Å². The van der Waals surface area contributed by atoms with E-state index < -0.39 is 17.9 Å². The highest BCUT2D eigenvalue weighted by Crippen LogP contribution is 2.21. The molecular weight excluding hydrogens is 265 g/mol.